The van der Waals surface area contributed by atoms with Gasteiger partial charge in [0, 0.05) is 12.2 Å². The molecule has 1 fully saturated rings. The number of hydrogen-bond donors (Lipinski definition) is 2. The van der Waals surface area contributed by atoms with Crippen LogP contribution in [0.15, 0.2) is 24.3 Å². The van der Waals surface area contributed by atoms with Gasteiger partial charge in [0.05, 0.1) is 11.5 Å². The van der Waals surface area contributed by atoms with Crippen LogP contribution < -0.4 is 5.32 Å². The lowest BCUT2D eigenvalue weighted by molar-refractivity contribution is -0.151. The third-order valence-electron chi connectivity index (χ3n) is 4.26. The molecule has 1 aliphatic heterocycles. The molecule has 6 nitrogen and oxygen atoms in total. The highest BCUT2D eigenvalue weighted by Crippen LogP contribution is 2.23. The predicted octanol–water partition coefficient (Wildman–Crippen LogP) is 2.38. The van der Waals surface area contributed by atoms with Crippen molar-refractivity contribution in [3.8, 4) is 0 Å². The summed E-state index contributed by atoms with van der Waals surface area (Å²) in [5, 5.41) is 12.1. The fourth-order valence-electron chi connectivity index (χ4n) is 2.82. The number of likely N-dealkylation sites (tertiary alicyclic amines) is 1. The van der Waals surface area contributed by atoms with Gasteiger partial charge in [-0.05, 0) is 37.8 Å². The van der Waals surface area contributed by atoms with Gasteiger partial charge in [-0.2, -0.15) is 0 Å². The Bertz CT molecular complexity index is 632. The zero-order chi connectivity index (χ0) is 18.4. The smallest absolute Gasteiger partial charge is 0.326 e. The van der Waals surface area contributed by atoms with Crippen LogP contribution in [-0.4, -0.2) is 51.9 Å². The van der Waals surface area contributed by atoms with Crippen molar-refractivity contribution in [2.24, 2.45) is 5.92 Å². The van der Waals surface area contributed by atoms with Crippen molar-refractivity contribution in [2.75, 3.05) is 23.4 Å². The highest BCUT2D eigenvalue weighted by atomic mass is 32.2. The second kappa shape index (κ2) is 8.89. The summed E-state index contributed by atoms with van der Waals surface area (Å²) in [4.78, 5) is 37.0. The first-order valence-electron chi connectivity index (χ1n) is 8.33. The maximum Gasteiger partial charge on any atom is 0.326 e. The molecule has 1 aromatic carbocycles. The minimum atomic E-state index is -0.956. The summed E-state index contributed by atoms with van der Waals surface area (Å²) in [6.07, 6.45) is 1.30. The minimum absolute atomic E-state index is 0.111. The molecule has 2 N–H and O–H groups in total. The van der Waals surface area contributed by atoms with E-state index in [0.717, 1.165) is 17.7 Å². The summed E-state index contributed by atoms with van der Waals surface area (Å²) in [6.45, 7) is 4.44. The Morgan fingerprint density at radius 1 is 1.24 bits per heavy atom. The number of thioether (sulfide) groups is 1. The standard InChI is InChI=1S/C18H24N2O4S/c1-12-3-5-14(6-4-12)19-16(21)10-25-11-17(22)20-8-7-13(2)9-15(20)18(23)24/h3-6,13,15H,7-11H2,1-2H3,(H,19,21)(H,23,24). The molecule has 0 spiro atoms. The number of aryl methyl sites for hydroxylation is 1. The number of anilines is 1. The molecule has 0 bridgehead atoms. The Balaban J connectivity index is 1.78. The van der Waals surface area contributed by atoms with Crippen LogP contribution in [0.25, 0.3) is 0 Å². The summed E-state index contributed by atoms with van der Waals surface area (Å²) in [7, 11) is 0. The third-order valence-corrected chi connectivity index (χ3v) is 5.18. The lowest BCUT2D eigenvalue weighted by Crippen LogP contribution is -2.50. The number of carboxylic acids is 1. The lowest BCUT2D eigenvalue weighted by atomic mass is 9.92. The van der Waals surface area contributed by atoms with E-state index in [1.54, 1.807) is 0 Å². The maximum atomic E-state index is 12.3. The molecule has 2 rings (SSSR count). The van der Waals surface area contributed by atoms with E-state index in [4.69, 9.17) is 0 Å². The van der Waals surface area contributed by atoms with E-state index in [1.807, 2.05) is 38.1 Å². The number of carboxylic acid groups (broad SMARTS) is 1. The third kappa shape index (κ3) is 5.77. The van der Waals surface area contributed by atoms with Gasteiger partial charge in [-0.25, -0.2) is 4.79 Å². The Hall–Kier alpha value is -2.02. The molecule has 1 heterocycles. The number of rotatable bonds is 6. The van der Waals surface area contributed by atoms with Gasteiger partial charge < -0.3 is 15.3 Å². The summed E-state index contributed by atoms with van der Waals surface area (Å²) >= 11 is 1.20. The highest BCUT2D eigenvalue weighted by Gasteiger charge is 2.34. The second-order valence-corrected chi connectivity index (χ2v) is 7.46. The molecule has 2 unspecified atom stereocenters. The Labute approximate surface area is 152 Å². The van der Waals surface area contributed by atoms with Crippen molar-refractivity contribution in [3.63, 3.8) is 0 Å². The highest BCUT2D eigenvalue weighted by molar-refractivity contribution is 8.00. The van der Waals surface area contributed by atoms with Crippen molar-refractivity contribution in [1.82, 2.24) is 4.90 Å². The number of aliphatic carboxylic acids is 1. The predicted molar refractivity (Wildman–Crippen MR) is 98.7 cm³/mol. The molecule has 2 atom stereocenters. The van der Waals surface area contributed by atoms with Crippen LogP contribution in [-0.2, 0) is 14.4 Å². The first-order chi connectivity index (χ1) is 11.9. The van der Waals surface area contributed by atoms with Crippen LogP contribution in [0.3, 0.4) is 0 Å². The average molecular weight is 364 g/mol. The topological polar surface area (TPSA) is 86.7 Å². The molecular weight excluding hydrogens is 340 g/mol. The maximum absolute atomic E-state index is 12.3. The first-order valence-corrected chi connectivity index (χ1v) is 9.49. The second-order valence-electron chi connectivity index (χ2n) is 6.48. The van der Waals surface area contributed by atoms with Crippen molar-refractivity contribution in [3.05, 3.63) is 29.8 Å². The van der Waals surface area contributed by atoms with Crippen LogP contribution in [0.4, 0.5) is 5.69 Å². The summed E-state index contributed by atoms with van der Waals surface area (Å²) in [6, 6.07) is 6.73. The zero-order valence-electron chi connectivity index (χ0n) is 14.5. The van der Waals surface area contributed by atoms with E-state index in [9.17, 15) is 19.5 Å². The van der Waals surface area contributed by atoms with Crippen LogP contribution in [0.5, 0.6) is 0 Å². The van der Waals surface area contributed by atoms with Crippen LogP contribution >= 0.6 is 11.8 Å². The fourth-order valence-corrected chi connectivity index (χ4v) is 3.52. The summed E-state index contributed by atoms with van der Waals surface area (Å²) in [5.41, 5.74) is 1.83. The van der Waals surface area contributed by atoms with Gasteiger partial charge in [0.1, 0.15) is 6.04 Å². The molecule has 25 heavy (non-hydrogen) atoms. The zero-order valence-corrected chi connectivity index (χ0v) is 15.3. The van der Waals surface area contributed by atoms with E-state index in [0.29, 0.717) is 18.9 Å². The molecule has 0 radical (unpaired) electrons. The van der Waals surface area contributed by atoms with Gasteiger partial charge in [-0.1, -0.05) is 24.6 Å². The van der Waals surface area contributed by atoms with Crippen LogP contribution in [0.1, 0.15) is 25.3 Å². The number of piperidine rings is 1. The molecule has 0 aliphatic carbocycles. The molecule has 2 amide bonds. The van der Waals surface area contributed by atoms with Crippen molar-refractivity contribution in [2.45, 2.75) is 32.7 Å². The quantitative estimate of drug-likeness (QED) is 0.809. The first kappa shape index (κ1) is 19.3. The fraction of sp³-hybridized carbons (Fsp3) is 0.500. The monoisotopic (exact) mass is 364 g/mol. The Morgan fingerprint density at radius 3 is 2.56 bits per heavy atom. The molecule has 136 valence electrons. The molecule has 7 heteroatoms. The van der Waals surface area contributed by atoms with E-state index >= 15 is 0 Å². The van der Waals surface area contributed by atoms with Crippen LogP contribution in [0, 0.1) is 12.8 Å². The van der Waals surface area contributed by atoms with Gasteiger partial charge in [-0.3, -0.25) is 9.59 Å². The van der Waals surface area contributed by atoms with E-state index in [1.165, 1.54) is 16.7 Å². The van der Waals surface area contributed by atoms with Crippen molar-refractivity contribution >= 4 is 35.2 Å². The normalized spacial score (nSPS) is 20.2. The number of benzene rings is 1. The van der Waals surface area contributed by atoms with Gasteiger partial charge in [0.25, 0.3) is 0 Å². The summed E-state index contributed by atoms with van der Waals surface area (Å²) in [5.74, 6) is -0.780. The number of nitrogens with zero attached hydrogens (tertiary/aromatic N) is 1. The molecule has 0 saturated carbocycles. The lowest BCUT2D eigenvalue weighted by Gasteiger charge is -2.36. The van der Waals surface area contributed by atoms with E-state index < -0.39 is 12.0 Å². The Kier molecular flexibility index (Phi) is 6.87. The van der Waals surface area contributed by atoms with Crippen molar-refractivity contribution < 1.29 is 19.5 Å². The average Bonchev–Trinajstić information content (AvgIpc) is 2.56. The largest absolute Gasteiger partial charge is 0.480 e. The Morgan fingerprint density at radius 2 is 1.92 bits per heavy atom. The van der Waals surface area contributed by atoms with Gasteiger partial charge in [0.2, 0.25) is 11.8 Å². The van der Waals surface area contributed by atoms with E-state index in [-0.39, 0.29) is 23.3 Å². The van der Waals surface area contributed by atoms with E-state index in [2.05, 4.69) is 5.32 Å². The number of nitrogens with one attached hydrogen (secondary N) is 1. The number of carbonyl (C=O) groups is 3. The van der Waals surface area contributed by atoms with Crippen molar-refractivity contribution in [1.29, 1.82) is 0 Å². The number of hydrogen-bond acceptors (Lipinski definition) is 4. The molecule has 1 aliphatic rings. The molecule has 1 aromatic rings. The summed E-state index contributed by atoms with van der Waals surface area (Å²) < 4.78 is 0. The van der Waals surface area contributed by atoms with Gasteiger partial charge in [-0.15, -0.1) is 11.8 Å². The van der Waals surface area contributed by atoms with Gasteiger partial charge >= 0.3 is 5.97 Å². The molecule has 0 aromatic heterocycles. The number of amides is 2. The van der Waals surface area contributed by atoms with Gasteiger partial charge in [0.15, 0.2) is 0 Å². The molecular formula is C18H24N2O4S. The van der Waals surface area contributed by atoms with Crippen LogP contribution in [0.2, 0.25) is 0 Å². The minimum Gasteiger partial charge on any atom is -0.480 e. The SMILES string of the molecule is Cc1ccc(NC(=O)CSCC(=O)N2CCC(C)CC2C(=O)O)cc1. The number of carbonyl (C=O) groups excluding carboxylic acids is 2. The molecule has 1 saturated heterocycles.